The number of methoxy groups -OCH3 is 1. The van der Waals surface area contributed by atoms with Gasteiger partial charge in [-0.2, -0.15) is 5.10 Å². The second-order valence-electron chi connectivity index (χ2n) is 4.29. The first-order chi connectivity index (χ1) is 9.24. The maximum absolute atomic E-state index is 5.65. The molecule has 2 aromatic rings. The van der Waals surface area contributed by atoms with E-state index in [1.807, 2.05) is 37.5 Å². The zero-order chi connectivity index (χ0) is 13.7. The van der Waals surface area contributed by atoms with Crippen LogP contribution in [0.5, 0.6) is 11.5 Å². The lowest BCUT2D eigenvalue weighted by Gasteiger charge is -2.10. The molecule has 1 unspecified atom stereocenters. The zero-order valence-electron chi connectivity index (χ0n) is 11.5. The molecule has 5 nitrogen and oxygen atoms in total. The van der Waals surface area contributed by atoms with Crippen molar-refractivity contribution in [2.45, 2.75) is 13.0 Å². The predicted molar refractivity (Wildman–Crippen MR) is 74.1 cm³/mol. The molecule has 102 valence electrons. The van der Waals surface area contributed by atoms with Gasteiger partial charge in [-0.15, -0.1) is 0 Å². The second-order valence-corrected chi connectivity index (χ2v) is 4.29. The largest absolute Gasteiger partial charge is 0.494 e. The van der Waals surface area contributed by atoms with E-state index in [0.717, 1.165) is 17.2 Å². The highest BCUT2D eigenvalue weighted by atomic mass is 16.5. The summed E-state index contributed by atoms with van der Waals surface area (Å²) in [6.07, 6.45) is 3.55. The number of nitrogens with zero attached hydrogens (tertiary/aromatic N) is 2. The average molecular weight is 261 g/mol. The van der Waals surface area contributed by atoms with Crippen LogP contribution in [0.2, 0.25) is 0 Å². The van der Waals surface area contributed by atoms with Crippen LogP contribution in [-0.4, -0.2) is 36.6 Å². The minimum atomic E-state index is 0.301. The summed E-state index contributed by atoms with van der Waals surface area (Å²) in [7, 11) is 3.56. The molecule has 1 N–H and O–H groups in total. The van der Waals surface area contributed by atoms with E-state index in [0.29, 0.717) is 12.6 Å². The molecule has 1 heterocycles. The summed E-state index contributed by atoms with van der Waals surface area (Å²) in [4.78, 5) is 0. The number of hydrogen-bond acceptors (Lipinski definition) is 4. The molecule has 2 rings (SSSR count). The smallest absolute Gasteiger partial charge is 0.157 e. The maximum Gasteiger partial charge on any atom is 0.157 e. The van der Waals surface area contributed by atoms with E-state index < -0.39 is 0 Å². The van der Waals surface area contributed by atoms with Gasteiger partial charge in [0.2, 0.25) is 0 Å². The molecule has 0 bridgehead atoms. The van der Waals surface area contributed by atoms with Gasteiger partial charge in [0.05, 0.1) is 19.5 Å². The highest BCUT2D eigenvalue weighted by Gasteiger charge is 2.07. The van der Waals surface area contributed by atoms with Gasteiger partial charge in [-0.1, -0.05) is 12.1 Å². The number of likely N-dealkylation sites (N-methyl/N-ethyl adjacent to an activating group) is 1. The van der Waals surface area contributed by atoms with Crippen molar-refractivity contribution in [3.05, 3.63) is 36.7 Å². The molecule has 0 aliphatic carbocycles. The Morgan fingerprint density at radius 3 is 2.89 bits per heavy atom. The summed E-state index contributed by atoms with van der Waals surface area (Å²) in [6.45, 7) is 2.67. The van der Waals surface area contributed by atoms with Gasteiger partial charge in [-0.05, 0) is 26.1 Å². The van der Waals surface area contributed by atoms with Gasteiger partial charge in [0, 0.05) is 6.04 Å². The molecule has 0 saturated heterocycles. The molecule has 0 radical (unpaired) electrons. The first-order valence-corrected chi connectivity index (χ1v) is 6.22. The molecule has 1 atom stereocenters. The summed E-state index contributed by atoms with van der Waals surface area (Å²) in [5.41, 5.74) is 0.890. The fraction of sp³-hybridized carbons (Fsp3) is 0.357. The van der Waals surface area contributed by atoms with Crippen LogP contribution in [0.25, 0.3) is 5.69 Å². The Balaban J connectivity index is 2.12. The van der Waals surface area contributed by atoms with E-state index >= 15 is 0 Å². The van der Waals surface area contributed by atoms with Crippen molar-refractivity contribution in [2.24, 2.45) is 0 Å². The predicted octanol–water partition coefficient (Wildman–Crippen LogP) is 1.87. The highest BCUT2D eigenvalue weighted by molar-refractivity contribution is 5.46. The lowest BCUT2D eigenvalue weighted by molar-refractivity contribution is 0.280. The molecule has 5 heteroatoms. The summed E-state index contributed by atoms with van der Waals surface area (Å²) >= 11 is 0. The fourth-order valence-electron chi connectivity index (χ4n) is 1.64. The number of benzene rings is 1. The molecule has 0 fully saturated rings. The van der Waals surface area contributed by atoms with Gasteiger partial charge >= 0.3 is 0 Å². The van der Waals surface area contributed by atoms with E-state index in [4.69, 9.17) is 9.47 Å². The third kappa shape index (κ3) is 3.26. The van der Waals surface area contributed by atoms with Crippen LogP contribution in [0, 0.1) is 0 Å². The van der Waals surface area contributed by atoms with E-state index in [-0.39, 0.29) is 0 Å². The van der Waals surface area contributed by atoms with Crippen LogP contribution in [0.4, 0.5) is 0 Å². The topological polar surface area (TPSA) is 48.3 Å². The Kier molecular flexibility index (Phi) is 4.41. The number of ether oxygens (including phenoxy) is 2. The van der Waals surface area contributed by atoms with E-state index in [1.165, 1.54) is 0 Å². The number of nitrogens with one attached hydrogen (secondary N) is 1. The van der Waals surface area contributed by atoms with E-state index in [2.05, 4.69) is 17.3 Å². The Hall–Kier alpha value is -2.01. The van der Waals surface area contributed by atoms with Gasteiger partial charge in [0.25, 0.3) is 0 Å². The van der Waals surface area contributed by atoms with Gasteiger partial charge in [-0.25, -0.2) is 4.68 Å². The molecule has 0 aliphatic rings. The minimum Gasteiger partial charge on any atom is -0.494 e. The van der Waals surface area contributed by atoms with Crippen LogP contribution < -0.4 is 14.8 Å². The fourth-order valence-corrected chi connectivity index (χ4v) is 1.64. The molecule has 0 spiro atoms. The van der Waals surface area contributed by atoms with Crippen molar-refractivity contribution in [3.8, 4) is 17.2 Å². The Morgan fingerprint density at radius 2 is 2.16 bits per heavy atom. The van der Waals surface area contributed by atoms with Crippen LogP contribution >= 0.6 is 0 Å². The van der Waals surface area contributed by atoms with Crippen molar-refractivity contribution in [1.82, 2.24) is 15.1 Å². The lowest BCUT2D eigenvalue weighted by Crippen LogP contribution is -2.28. The quantitative estimate of drug-likeness (QED) is 0.862. The Morgan fingerprint density at radius 1 is 1.37 bits per heavy atom. The molecular weight excluding hydrogens is 242 g/mol. The molecule has 1 aromatic carbocycles. The maximum atomic E-state index is 5.65. The van der Waals surface area contributed by atoms with Gasteiger partial charge < -0.3 is 14.8 Å². The van der Waals surface area contributed by atoms with Crippen molar-refractivity contribution in [2.75, 3.05) is 20.8 Å². The van der Waals surface area contributed by atoms with E-state index in [1.54, 1.807) is 18.0 Å². The molecule has 0 saturated carbocycles. The highest BCUT2D eigenvalue weighted by Crippen LogP contribution is 2.23. The summed E-state index contributed by atoms with van der Waals surface area (Å²) < 4.78 is 12.7. The van der Waals surface area contributed by atoms with Crippen molar-refractivity contribution in [1.29, 1.82) is 0 Å². The molecule has 0 aliphatic heterocycles. The number of para-hydroxylation sites is 2. The first kappa shape index (κ1) is 13.4. The third-order valence-corrected chi connectivity index (χ3v) is 2.88. The van der Waals surface area contributed by atoms with Crippen molar-refractivity contribution >= 4 is 0 Å². The second kappa shape index (κ2) is 6.24. The first-order valence-electron chi connectivity index (χ1n) is 6.22. The van der Waals surface area contributed by atoms with Gasteiger partial charge in [0.1, 0.15) is 18.0 Å². The van der Waals surface area contributed by atoms with Crippen molar-refractivity contribution < 1.29 is 9.47 Å². The van der Waals surface area contributed by atoms with E-state index in [9.17, 15) is 0 Å². The van der Waals surface area contributed by atoms with Crippen LogP contribution in [0.3, 0.4) is 0 Å². The Labute approximate surface area is 113 Å². The summed E-state index contributed by atoms with van der Waals surface area (Å²) in [5, 5.41) is 7.41. The lowest BCUT2D eigenvalue weighted by atomic mass is 10.3. The summed E-state index contributed by atoms with van der Waals surface area (Å²) in [6, 6.07) is 8.03. The number of aromatic nitrogens is 2. The Bertz CT molecular complexity index is 525. The average Bonchev–Trinajstić information content (AvgIpc) is 2.93. The molecule has 0 amide bonds. The molecular formula is C14H19N3O2. The zero-order valence-corrected chi connectivity index (χ0v) is 11.5. The molecule has 1 aromatic heterocycles. The van der Waals surface area contributed by atoms with Crippen LogP contribution in [-0.2, 0) is 0 Å². The monoisotopic (exact) mass is 261 g/mol. The third-order valence-electron chi connectivity index (χ3n) is 2.88. The number of hydrogen-bond donors (Lipinski definition) is 1. The summed E-state index contributed by atoms with van der Waals surface area (Å²) in [5.74, 6) is 1.52. The number of rotatable bonds is 6. The molecule has 19 heavy (non-hydrogen) atoms. The van der Waals surface area contributed by atoms with Crippen LogP contribution in [0.15, 0.2) is 36.7 Å². The normalized spacial score (nSPS) is 12.2. The standard InChI is InChI=1S/C14H19N3O2/c1-11(15-2)10-19-12-8-16-17(9-12)13-6-4-5-7-14(13)18-3/h4-9,11,15H,10H2,1-3H3. The SMILES string of the molecule is CNC(C)COc1cnn(-c2ccccc2OC)c1. The van der Waals surface area contributed by atoms with Crippen LogP contribution in [0.1, 0.15) is 6.92 Å². The van der Waals surface area contributed by atoms with Gasteiger partial charge in [-0.3, -0.25) is 0 Å². The van der Waals surface area contributed by atoms with Gasteiger partial charge in [0.15, 0.2) is 5.75 Å². The minimum absolute atomic E-state index is 0.301. The van der Waals surface area contributed by atoms with Crippen molar-refractivity contribution in [3.63, 3.8) is 0 Å².